The lowest BCUT2D eigenvalue weighted by Gasteiger charge is -2.20. The summed E-state index contributed by atoms with van der Waals surface area (Å²) in [5.41, 5.74) is 2.76. The topological polar surface area (TPSA) is 21.3 Å². The monoisotopic (exact) mass is 249 g/mol. The van der Waals surface area contributed by atoms with Gasteiger partial charge in [-0.25, -0.2) is 0 Å². The second-order valence-electron chi connectivity index (χ2n) is 5.58. The molecule has 0 saturated carbocycles. The molecule has 1 rings (SSSR count). The summed E-state index contributed by atoms with van der Waals surface area (Å²) in [6.45, 7) is 9.60. The van der Waals surface area contributed by atoms with Gasteiger partial charge in [-0.15, -0.1) is 0 Å². The average Bonchev–Trinajstić information content (AvgIpc) is 2.29. The first-order valence-electron chi connectivity index (χ1n) is 6.86. The van der Waals surface area contributed by atoms with Crippen LogP contribution in [-0.4, -0.2) is 19.8 Å². The normalized spacial score (nSPS) is 14.8. The number of methoxy groups -OCH3 is 1. The number of nitrogens with one attached hydrogen (secondary N) is 1. The Morgan fingerprint density at radius 1 is 1.06 bits per heavy atom. The van der Waals surface area contributed by atoms with E-state index in [1.165, 1.54) is 11.1 Å². The predicted octanol–water partition coefficient (Wildman–Crippen LogP) is 3.57. The standard InChI is InChI=1S/C16H27NO/c1-12(2)10-15-6-8-16(9-7-15)14(4)17-13(3)11-18-5/h6-9,12-14,17H,10-11H2,1-5H3. The highest BCUT2D eigenvalue weighted by Gasteiger charge is 2.09. The highest BCUT2D eigenvalue weighted by atomic mass is 16.5. The Morgan fingerprint density at radius 3 is 2.17 bits per heavy atom. The van der Waals surface area contributed by atoms with Gasteiger partial charge in [0.15, 0.2) is 0 Å². The highest BCUT2D eigenvalue weighted by Crippen LogP contribution is 2.16. The van der Waals surface area contributed by atoms with Crippen molar-refractivity contribution in [3.05, 3.63) is 35.4 Å². The summed E-state index contributed by atoms with van der Waals surface area (Å²) in [6.07, 6.45) is 1.15. The molecule has 0 aliphatic rings. The van der Waals surface area contributed by atoms with Gasteiger partial charge < -0.3 is 10.1 Å². The van der Waals surface area contributed by atoms with Crippen LogP contribution in [0.2, 0.25) is 0 Å². The van der Waals surface area contributed by atoms with Crippen molar-refractivity contribution in [1.29, 1.82) is 0 Å². The molecule has 2 heteroatoms. The van der Waals surface area contributed by atoms with E-state index in [2.05, 4.69) is 57.3 Å². The minimum atomic E-state index is 0.364. The zero-order valence-electron chi connectivity index (χ0n) is 12.4. The molecule has 2 unspecified atom stereocenters. The van der Waals surface area contributed by atoms with E-state index in [1.54, 1.807) is 7.11 Å². The molecule has 102 valence electrons. The van der Waals surface area contributed by atoms with Crippen LogP contribution in [0.1, 0.15) is 44.9 Å². The summed E-state index contributed by atoms with van der Waals surface area (Å²) in [7, 11) is 1.74. The van der Waals surface area contributed by atoms with E-state index in [0.717, 1.165) is 13.0 Å². The van der Waals surface area contributed by atoms with Crippen LogP contribution in [0.25, 0.3) is 0 Å². The molecule has 0 spiro atoms. The fraction of sp³-hybridized carbons (Fsp3) is 0.625. The lowest BCUT2D eigenvalue weighted by atomic mass is 10.00. The molecule has 1 N–H and O–H groups in total. The minimum absolute atomic E-state index is 0.364. The van der Waals surface area contributed by atoms with Crippen LogP contribution in [0.5, 0.6) is 0 Å². The number of hydrogen-bond acceptors (Lipinski definition) is 2. The van der Waals surface area contributed by atoms with Crippen molar-refractivity contribution in [1.82, 2.24) is 5.32 Å². The maximum Gasteiger partial charge on any atom is 0.0613 e. The molecule has 2 nitrogen and oxygen atoms in total. The molecule has 18 heavy (non-hydrogen) atoms. The summed E-state index contributed by atoms with van der Waals surface area (Å²) in [5.74, 6) is 0.716. The average molecular weight is 249 g/mol. The van der Waals surface area contributed by atoms with Crippen molar-refractivity contribution >= 4 is 0 Å². The van der Waals surface area contributed by atoms with E-state index in [9.17, 15) is 0 Å². The third-order valence-electron chi connectivity index (χ3n) is 3.07. The van der Waals surface area contributed by atoms with Gasteiger partial charge in [0.25, 0.3) is 0 Å². The van der Waals surface area contributed by atoms with E-state index in [-0.39, 0.29) is 0 Å². The largest absolute Gasteiger partial charge is 0.383 e. The van der Waals surface area contributed by atoms with Crippen LogP contribution in [-0.2, 0) is 11.2 Å². The lowest BCUT2D eigenvalue weighted by molar-refractivity contribution is 0.168. The Balaban J connectivity index is 2.55. The first kappa shape index (κ1) is 15.2. The number of ether oxygens (including phenoxy) is 1. The van der Waals surface area contributed by atoms with Gasteiger partial charge in [-0.05, 0) is 37.3 Å². The molecule has 2 atom stereocenters. The van der Waals surface area contributed by atoms with Crippen molar-refractivity contribution in [2.45, 2.75) is 46.2 Å². The van der Waals surface area contributed by atoms with Gasteiger partial charge in [0.1, 0.15) is 0 Å². The number of rotatable bonds is 7. The zero-order chi connectivity index (χ0) is 13.5. The van der Waals surface area contributed by atoms with Gasteiger partial charge in [0.2, 0.25) is 0 Å². The van der Waals surface area contributed by atoms with E-state index in [0.29, 0.717) is 18.0 Å². The van der Waals surface area contributed by atoms with Crippen molar-refractivity contribution in [3.63, 3.8) is 0 Å². The Hall–Kier alpha value is -0.860. The molecule has 0 aliphatic carbocycles. The summed E-state index contributed by atoms with van der Waals surface area (Å²) in [6, 6.07) is 9.69. The van der Waals surface area contributed by atoms with Crippen LogP contribution in [0, 0.1) is 5.92 Å². The van der Waals surface area contributed by atoms with Gasteiger partial charge in [0.05, 0.1) is 6.61 Å². The fourth-order valence-corrected chi connectivity index (χ4v) is 2.23. The summed E-state index contributed by atoms with van der Waals surface area (Å²) in [5, 5.41) is 3.53. The highest BCUT2D eigenvalue weighted by molar-refractivity contribution is 5.25. The Bertz CT molecular complexity index is 331. The van der Waals surface area contributed by atoms with Crippen molar-refractivity contribution in [2.75, 3.05) is 13.7 Å². The second kappa shape index (κ2) is 7.55. The van der Waals surface area contributed by atoms with E-state index >= 15 is 0 Å². The van der Waals surface area contributed by atoms with Gasteiger partial charge in [-0.2, -0.15) is 0 Å². The van der Waals surface area contributed by atoms with Crippen LogP contribution in [0.15, 0.2) is 24.3 Å². The van der Waals surface area contributed by atoms with Gasteiger partial charge in [-0.3, -0.25) is 0 Å². The molecule has 0 aliphatic heterocycles. The van der Waals surface area contributed by atoms with Gasteiger partial charge in [-0.1, -0.05) is 38.1 Å². The molecular formula is C16H27NO. The molecule has 0 aromatic heterocycles. The third kappa shape index (κ3) is 5.19. The summed E-state index contributed by atoms with van der Waals surface area (Å²) in [4.78, 5) is 0. The van der Waals surface area contributed by atoms with Crippen molar-refractivity contribution in [2.24, 2.45) is 5.92 Å². The molecule has 0 heterocycles. The minimum Gasteiger partial charge on any atom is -0.383 e. The van der Waals surface area contributed by atoms with Crippen LogP contribution in [0.4, 0.5) is 0 Å². The number of benzene rings is 1. The van der Waals surface area contributed by atoms with Crippen LogP contribution >= 0.6 is 0 Å². The summed E-state index contributed by atoms with van der Waals surface area (Å²) < 4.78 is 5.14. The van der Waals surface area contributed by atoms with Gasteiger partial charge >= 0.3 is 0 Å². The predicted molar refractivity (Wildman–Crippen MR) is 77.9 cm³/mol. The maximum atomic E-state index is 5.14. The van der Waals surface area contributed by atoms with E-state index in [4.69, 9.17) is 4.74 Å². The molecular weight excluding hydrogens is 222 g/mol. The van der Waals surface area contributed by atoms with Crippen LogP contribution in [0.3, 0.4) is 0 Å². The zero-order valence-corrected chi connectivity index (χ0v) is 12.4. The van der Waals surface area contributed by atoms with Crippen LogP contribution < -0.4 is 5.32 Å². The number of hydrogen-bond donors (Lipinski definition) is 1. The Kier molecular flexibility index (Phi) is 6.37. The molecule has 0 saturated heterocycles. The van der Waals surface area contributed by atoms with E-state index < -0.39 is 0 Å². The SMILES string of the molecule is COCC(C)NC(C)c1ccc(CC(C)C)cc1. The Labute approximate surface area is 112 Å². The Morgan fingerprint density at radius 2 is 1.67 bits per heavy atom. The van der Waals surface area contributed by atoms with Crippen molar-refractivity contribution < 1.29 is 4.74 Å². The first-order chi connectivity index (χ1) is 8.52. The molecule has 1 aromatic rings. The second-order valence-corrected chi connectivity index (χ2v) is 5.58. The molecule has 0 bridgehead atoms. The molecule has 0 radical (unpaired) electrons. The molecule has 0 fully saturated rings. The first-order valence-corrected chi connectivity index (χ1v) is 6.86. The molecule has 0 amide bonds. The molecule has 1 aromatic carbocycles. The fourth-order valence-electron chi connectivity index (χ4n) is 2.23. The maximum absolute atomic E-state index is 5.14. The van der Waals surface area contributed by atoms with E-state index in [1.807, 2.05) is 0 Å². The third-order valence-corrected chi connectivity index (χ3v) is 3.07. The van der Waals surface area contributed by atoms with Crippen molar-refractivity contribution in [3.8, 4) is 0 Å². The lowest BCUT2D eigenvalue weighted by Crippen LogP contribution is -2.32. The summed E-state index contributed by atoms with van der Waals surface area (Å²) >= 11 is 0. The quantitative estimate of drug-likeness (QED) is 0.797. The van der Waals surface area contributed by atoms with Gasteiger partial charge in [0, 0.05) is 19.2 Å². The smallest absolute Gasteiger partial charge is 0.0613 e.